The Morgan fingerprint density at radius 2 is 0.959 bits per heavy atom. The van der Waals surface area contributed by atoms with E-state index in [0.29, 0.717) is 0 Å². The van der Waals surface area contributed by atoms with E-state index in [4.69, 9.17) is 0 Å². The summed E-state index contributed by atoms with van der Waals surface area (Å²) < 4.78 is 155. The Kier molecular flexibility index (Phi) is 7.76. The third-order valence-electron chi connectivity index (χ3n) is 6.56. The van der Waals surface area contributed by atoms with Gasteiger partial charge in [0.25, 0.3) is 0 Å². The topological polar surface area (TPSA) is 171 Å². The molecular weight excluding hydrogens is 685 g/mol. The third kappa shape index (κ3) is 5.57. The molecule has 0 unspecified atom stereocenters. The van der Waals surface area contributed by atoms with Crippen molar-refractivity contribution < 1.29 is 48.3 Å². The average Bonchev–Trinajstić information content (AvgIpc) is 3.61. The number of halogens is 11. The fraction of sp³-hybridized carbons (Fsp3) is 0.143. The minimum absolute atomic E-state index is 0.0868. The molecule has 244 valence electrons. The maximum atomic E-state index is 16.5. The van der Waals surface area contributed by atoms with Gasteiger partial charge in [-0.15, -0.1) is 0 Å². The molecule has 0 saturated carbocycles. The number of fused-ring (bicyclic) bond motifs is 2. The van der Waals surface area contributed by atoms with Crippen LogP contribution in [0.3, 0.4) is 0 Å². The molecule has 0 N–H and O–H groups in total. The summed E-state index contributed by atoms with van der Waals surface area (Å²) in [4.78, 5) is 19.3. The molecule has 0 fully saturated rings. The molecule has 0 atom stereocenters. The summed E-state index contributed by atoms with van der Waals surface area (Å²) in [5, 5.41) is 38.4. The van der Waals surface area contributed by atoms with Gasteiger partial charge in [-0.3, -0.25) is 0 Å². The molecule has 10 nitrogen and oxygen atoms in total. The summed E-state index contributed by atoms with van der Waals surface area (Å²) in [5.74, 6) is -7.63. The van der Waals surface area contributed by atoms with E-state index < -0.39 is 115 Å². The first-order chi connectivity index (χ1) is 22.8. The third-order valence-corrected chi connectivity index (χ3v) is 6.56. The molecule has 3 aromatic rings. The van der Waals surface area contributed by atoms with Crippen molar-refractivity contribution in [2.75, 3.05) is 0 Å². The fourth-order valence-electron chi connectivity index (χ4n) is 4.69. The van der Waals surface area contributed by atoms with E-state index >= 15 is 8.78 Å². The Morgan fingerprint density at radius 3 is 1.33 bits per heavy atom. The highest BCUT2D eigenvalue weighted by atomic mass is 19.4. The summed E-state index contributed by atoms with van der Waals surface area (Å²) in [6, 6.07) is 5.98. The van der Waals surface area contributed by atoms with Gasteiger partial charge < -0.3 is 0 Å². The molecular formula is C28H5F11N10. The van der Waals surface area contributed by atoms with Crippen molar-refractivity contribution in [2.24, 2.45) is 9.98 Å². The lowest BCUT2D eigenvalue weighted by Crippen LogP contribution is -2.20. The minimum atomic E-state index is -5.61. The SMILES string of the molecule is Cc1cc(C2=Nc3c(F)c4c(c(F)c3C2=C(C#N)C#N)N=C(c2cc(C(F)(F)F)nc(C(F)(F)F)n2)C4=C(C#N)C#N)nc(C(F)(F)F)n1. The second kappa shape index (κ2) is 11.3. The molecule has 0 saturated heterocycles. The number of hydrogen-bond acceptors (Lipinski definition) is 10. The van der Waals surface area contributed by atoms with E-state index in [-0.39, 0.29) is 11.8 Å². The van der Waals surface area contributed by atoms with Gasteiger partial charge in [-0.2, -0.15) is 60.6 Å². The largest absolute Gasteiger partial charge is 0.451 e. The van der Waals surface area contributed by atoms with Crippen LogP contribution in [0.25, 0.3) is 11.1 Å². The number of hydrogen-bond donors (Lipinski definition) is 0. The second-order valence-corrected chi connectivity index (χ2v) is 9.62. The lowest BCUT2D eigenvalue weighted by Gasteiger charge is -2.13. The van der Waals surface area contributed by atoms with Crippen molar-refractivity contribution in [1.29, 1.82) is 21.0 Å². The number of nitrogens with zero attached hydrogens (tertiary/aromatic N) is 10. The molecule has 0 bridgehead atoms. The maximum absolute atomic E-state index is 16.5. The molecule has 2 aromatic heterocycles. The lowest BCUT2D eigenvalue weighted by molar-refractivity contribution is -0.152. The van der Waals surface area contributed by atoms with Crippen LogP contribution < -0.4 is 0 Å². The first kappa shape index (κ1) is 33.7. The van der Waals surface area contributed by atoms with E-state index in [0.717, 1.165) is 13.0 Å². The summed E-state index contributed by atoms with van der Waals surface area (Å²) in [6.45, 7) is 1.08. The molecule has 4 heterocycles. The zero-order chi connectivity index (χ0) is 36.4. The van der Waals surface area contributed by atoms with Crippen molar-refractivity contribution in [1.82, 2.24) is 19.9 Å². The molecule has 1 aromatic carbocycles. The Hall–Kier alpha value is -6.61. The van der Waals surface area contributed by atoms with Gasteiger partial charge in [0.15, 0.2) is 11.6 Å². The van der Waals surface area contributed by atoms with E-state index in [1.165, 1.54) is 24.3 Å². The molecule has 2 aliphatic heterocycles. The number of rotatable bonds is 2. The predicted octanol–water partition coefficient (Wildman–Crippen LogP) is 6.78. The molecule has 0 aliphatic carbocycles. The van der Waals surface area contributed by atoms with Gasteiger partial charge >= 0.3 is 18.5 Å². The normalized spacial score (nSPS) is 13.8. The Labute approximate surface area is 263 Å². The van der Waals surface area contributed by atoms with Gasteiger partial charge in [-0.25, -0.2) is 38.7 Å². The van der Waals surface area contributed by atoms with E-state index in [2.05, 4.69) is 29.9 Å². The van der Waals surface area contributed by atoms with Gasteiger partial charge in [-0.05, 0) is 19.1 Å². The molecule has 21 heteroatoms. The minimum Gasteiger partial charge on any atom is -0.242 e. The van der Waals surface area contributed by atoms with Crippen LogP contribution in [-0.4, -0.2) is 31.4 Å². The second-order valence-electron chi connectivity index (χ2n) is 9.62. The maximum Gasteiger partial charge on any atom is 0.451 e. The quantitative estimate of drug-likeness (QED) is 0.209. The summed E-state index contributed by atoms with van der Waals surface area (Å²) >= 11 is 0. The van der Waals surface area contributed by atoms with Crippen molar-refractivity contribution in [2.45, 2.75) is 25.5 Å². The molecule has 0 radical (unpaired) electrons. The molecule has 49 heavy (non-hydrogen) atoms. The average molecular weight is 690 g/mol. The first-order valence-electron chi connectivity index (χ1n) is 12.6. The Morgan fingerprint density at radius 1 is 0.571 bits per heavy atom. The van der Waals surface area contributed by atoms with Gasteiger partial charge in [0, 0.05) is 16.8 Å². The van der Waals surface area contributed by atoms with Crippen LogP contribution in [0, 0.1) is 63.9 Å². The fourth-order valence-corrected chi connectivity index (χ4v) is 4.69. The predicted molar refractivity (Wildman–Crippen MR) is 139 cm³/mol. The van der Waals surface area contributed by atoms with Gasteiger partial charge in [0.2, 0.25) is 11.6 Å². The highest BCUT2D eigenvalue weighted by molar-refractivity contribution is 6.40. The van der Waals surface area contributed by atoms with Gasteiger partial charge in [0.05, 0.1) is 33.9 Å². The number of aryl methyl sites for hydroxylation is 1. The standard InChI is InChI=1S/C28H5F11N10/c1-8-2-11(45-24(44-8)27(34,35)36)20-14(9(4-40)5-41)16-18(29)23-17(19(30)22(16)48-20)15(10(6-42)7-43)21(49-23)12-3-13(26(31,32)33)47-25(46-12)28(37,38)39/h2-3H,1H3. The number of alkyl halides is 9. The monoisotopic (exact) mass is 690 g/mol. The summed E-state index contributed by atoms with van der Waals surface area (Å²) in [5.41, 5.74) is -15.8. The number of nitriles is 4. The van der Waals surface area contributed by atoms with E-state index in [1.54, 1.807) is 0 Å². The van der Waals surface area contributed by atoms with Crippen LogP contribution in [0.15, 0.2) is 33.3 Å². The van der Waals surface area contributed by atoms with Crippen molar-refractivity contribution in [3.05, 3.63) is 80.5 Å². The number of allylic oxidation sites excluding steroid dienone is 4. The van der Waals surface area contributed by atoms with Crippen molar-refractivity contribution in [3.8, 4) is 24.3 Å². The molecule has 5 rings (SSSR count). The highest BCUT2D eigenvalue weighted by Crippen LogP contribution is 2.52. The zero-order valence-electron chi connectivity index (χ0n) is 23.3. The van der Waals surface area contributed by atoms with Crippen LogP contribution in [0.4, 0.5) is 59.7 Å². The number of aliphatic imine (C=N–C) groups is 2. The van der Waals surface area contributed by atoms with Crippen LogP contribution in [0.2, 0.25) is 0 Å². The summed E-state index contributed by atoms with van der Waals surface area (Å²) in [6.07, 6.45) is -16.3. The number of benzene rings is 1. The molecule has 2 aliphatic rings. The van der Waals surface area contributed by atoms with Gasteiger partial charge in [0.1, 0.15) is 52.5 Å². The van der Waals surface area contributed by atoms with Crippen molar-refractivity contribution in [3.63, 3.8) is 0 Å². The van der Waals surface area contributed by atoms with Gasteiger partial charge in [-0.1, -0.05) is 0 Å². The van der Waals surface area contributed by atoms with Crippen LogP contribution in [0.1, 0.15) is 45.6 Å². The zero-order valence-corrected chi connectivity index (χ0v) is 23.3. The molecule has 0 amide bonds. The molecule has 0 spiro atoms. The lowest BCUT2D eigenvalue weighted by atomic mass is 9.90. The van der Waals surface area contributed by atoms with Crippen LogP contribution >= 0.6 is 0 Å². The Bertz CT molecular complexity index is 2250. The van der Waals surface area contributed by atoms with E-state index in [9.17, 15) is 60.6 Å². The number of aromatic nitrogens is 4. The van der Waals surface area contributed by atoms with Crippen molar-refractivity contribution >= 4 is 33.9 Å². The Balaban J connectivity index is 1.89. The van der Waals surface area contributed by atoms with E-state index in [1.807, 2.05) is 0 Å². The highest BCUT2D eigenvalue weighted by Gasteiger charge is 2.45. The first-order valence-corrected chi connectivity index (χ1v) is 12.6. The van der Waals surface area contributed by atoms with Crippen LogP contribution in [-0.2, 0) is 18.5 Å². The summed E-state index contributed by atoms with van der Waals surface area (Å²) in [7, 11) is 0. The van der Waals surface area contributed by atoms with Crippen LogP contribution in [0.5, 0.6) is 0 Å². The smallest absolute Gasteiger partial charge is 0.242 e.